The van der Waals surface area contributed by atoms with Crippen LogP contribution in [0.2, 0.25) is 0 Å². The highest BCUT2D eigenvalue weighted by Crippen LogP contribution is 2.23. The summed E-state index contributed by atoms with van der Waals surface area (Å²) in [5, 5.41) is 8.38. The molecular formula is C29H25N3O4S. The fourth-order valence-electron chi connectivity index (χ4n) is 3.37. The first-order valence-electron chi connectivity index (χ1n) is 11.5. The van der Waals surface area contributed by atoms with Crippen molar-refractivity contribution in [2.75, 3.05) is 16.4 Å². The summed E-state index contributed by atoms with van der Waals surface area (Å²) in [5.41, 5.74) is 2.74. The van der Waals surface area contributed by atoms with E-state index in [1.54, 1.807) is 60.7 Å². The summed E-state index contributed by atoms with van der Waals surface area (Å²) in [6, 6.07) is 26.7. The maximum Gasteiger partial charge on any atom is 0.272 e. The molecule has 8 heteroatoms. The molecule has 0 aliphatic carbocycles. The fraction of sp³-hybridized carbons (Fsp3) is 0.0690. The SMILES string of the molecule is Cc1ccccc1NC(=O)CSc1cccc(NC(=O)/C(=C/c2ccco2)NC(=O)c2ccccc2)c1. The normalized spacial score (nSPS) is 11.0. The Morgan fingerprint density at radius 3 is 2.41 bits per heavy atom. The number of amides is 3. The molecule has 0 spiro atoms. The van der Waals surface area contributed by atoms with Crippen LogP contribution in [0.25, 0.3) is 6.08 Å². The van der Waals surface area contributed by atoms with Gasteiger partial charge in [-0.2, -0.15) is 0 Å². The first kappa shape index (κ1) is 25.5. The van der Waals surface area contributed by atoms with E-state index in [2.05, 4.69) is 16.0 Å². The zero-order valence-electron chi connectivity index (χ0n) is 20.1. The molecule has 37 heavy (non-hydrogen) atoms. The van der Waals surface area contributed by atoms with Crippen molar-refractivity contribution in [3.63, 3.8) is 0 Å². The van der Waals surface area contributed by atoms with Gasteiger partial charge in [0, 0.05) is 27.9 Å². The molecule has 1 aromatic heterocycles. The lowest BCUT2D eigenvalue weighted by Crippen LogP contribution is -2.30. The van der Waals surface area contributed by atoms with E-state index >= 15 is 0 Å². The Morgan fingerprint density at radius 1 is 0.865 bits per heavy atom. The molecule has 0 atom stereocenters. The summed E-state index contributed by atoms with van der Waals surface area (Å²) in [6.07, 6.45) is 2.95. The van der Waals surface area contributed by atoms with Gasteiger partial charge in [-0.15, -0.1) is 11.8 Å². The molecule has 0 saturated carbocycles. The van der Waals surface area contributed by atoms with Crippen molar-refractivity contribution in [1.82, 2.24) is 5.32 Å². The number of hydrogen-bond donors (Lipinski definition) is 3. The molecule has 3 aromatic carbocycles. The van der Waals surface area contributed by atoms with Crippen LogP contribution >= 0.6 is 11.8 Å². The van der Waals surface area contributed by atoms with E-state index in [0.29, 0.717) is 17.0 Å². The second-order valence-electron chi connectivity index (χ2n) is 8.03. The minimum atomic E-state index is -0.514. The van der Waals surface area contributed by atoms with Gasteiger partial charge >= 0.3 is 0 Å². The number of nitrogens with one attached hydrogen (secondary N) is 3. The van der Waals surface area contributed by atoms with Crippen molar-refractivity contribution in [3.8, 4) is 0 Å². The third-order valence-electron chi connectivity index (χ3n) is 5.24. The van der Waals surface area contributed by atoms with Crippen molar-refractivity contribution in [1.29, 1.82) is 0 Å². The monoisotopic (exact) mass is 511 g/mol. The van der Waals surface area contributed by atoms with E-state index in [9.17, 15) is 14.4 Å². The van der Waals surface area contributed by atoms with Gasteiger partial charge < -0.3 is 20.4 Å². The van der Waals surface area contributed by atoms with Crippen molar-refractivity contribution >= 4 is 46.9 Å². The van der Waals surface area contributed by atoms with Crippen molar-refractivity contribution < 1.29 is 18.8 Å². The molecule has 0 radical (unpaired) electrons. The molecule has 0 fully saturated rings. The zero-order chi connectivity index (χ0) is 26.0. The molecule has 0 aliphatic rings. The quantitative estimate of drug-likeness (QED) is 0.197. The summed E-state index contributed by atoms with van der Waals surface area (Å²) in [4.78, 5) is 39.0. The number of hydrogen-bond acceptors (Lipinski definition) is 5. The Morgan fingerprint density at radius 2 is 1.65 bits per heavy atom. The van der Waals surface area contributed by atoms with E-state index < -0.39 is 11.8 Å². The second-order valence-corrected chi connectivity index (χ2v) is 9.08. The lowest BCUT2D eigenvalue weighted by molar-refractivity contribution is -0.114. The van der Waals surface area contributed by atoms with E-state index in [4.69, 9.17) is 4.42 Å². The van der Waals surface area contributed by atoms with Gasteiger partial charge in [0.05, 0.1) is 12.0 Å². The highest BCUT2D eigenvalue weighted by Gasteiger charge is 2.16. The van der Waals surface area contributed by atoms with Crippen LogP contribution in [0.1, 0.15) is 21.7 Å². The molecule has 4 aromatic rings. The van der Waals surface area contributed by atoms with Gasteiger partial charge in [-0.1, -0.05) is 42.5 Å². The maximum absolute atomic E-state index is 13.1. The van der Waals surface area contributed by atoms with Gasteiger partial charge in [0.2, 0.25) is 5.91 Å². The average molecular weight is 512 g/mol. The number of rotatable bonds is 9. The predicted octanol–water partition coefficient (Wildman–Crippen LogP) is 5.73. The molecular weight excluding hydrogens is 486 g/mol. The highest BCUT2D eigenvalue weighted by molar-refractivity contribution is 8.00. The van der Waals surface area contributed by atoms with Gasteiger partial charge in [-0.05, 0) is 61.0 Å². The maximum atomic E-state index is 13.1. The summed E-state index contributed by atoms with van der Waals surface area (Å²) < 4.78 is 5.33. The molecule has 0 bridgehead atoms. The number of benzene rings is 3. The third kappa shape index (κ3) is 7.46. The molecule has 0 saturated heterocycles. The predicted molar refractivity (Wildman–Crippen MR) is 146 cm³/mol. The van der Waals surface area contributed by atoms with Crippen LogP contribution in [0.3, 0.4) is 0 Å². The van der Waals surface area contributed by atoms with Gasteiger partial charge in [0.15, 0.2) is 0 Å². The van der Waals surface area contributed by atoms with E-state index in [1.165, 1.54) is 24.1 Å². The molecule has 186 valence electrons. The first-order chi connectivity index (χ1) is 18.0. The van der Waals surface area contributed by atoms with Gasteiger partial charge in [0.25, 0.3) is 11.8 Å². The molecule has 0 aliphatic heterocycles. The number of carbonyl (C=O) groups is 3. The van der Waals surface area contributed by atoms with Crippen LogP contribution in [-0.2, 0) is 9.59 Å². The third-order valence-corrected chi connectivity index (χ3v) is 6.23. The van der Waals surface area contributed by atoms with Crippen molar-refractivity contribution in [2.45, 2.75) is 11.8 Å². The van der Waals surface area contributed by atoms with Crippen LogP contribution < -0.4 is 16.0 Å². The molecule has 1 heterocycles. The van der Waals surface area contributed by atoms with Crippen LogP contribution in [0.15, 0.2) is 112 Å². The first-order valence-corrected chi connectivity index (χ1v) is 12.5. The minimum absolute atomic E-state index is 0.0273. The van der Waals surface area contributed by atoms with Gasteiger partial charge in [0.1, 0.15) is 11.5 Å². The average Bonchev–Trinajstić information content (AvgIpc) is 3.42. The molecule has 7 nitrogen and oxygen atoms in total. The van der Waals surface area contributed by atoms with Crippen LogP contribution in [0.4, 0.5) is 11.4 Å². The molecule has 3 N–H and O–H groups in total. The minimum Gasteiger partial charge on any atom is -0.465 e. The van der Waals surface area contributed by atoms with Crippen LogP contribution in [-0.4, -0.2) is 23.5 Å². The highest BCUT2D eigenvalue weighted by atomic mass is 32.2. The molecule has 0 unspecified atom stereocenters. The lowest BCUT2D eigenvalue weighted by Gasteiger charge is -2.12. The summed E-state index contributed by atoms with van der Waals surface area (Å²) in [6.45, 7) is 1.94. The van der Waals surface area contributed by atoms with Crippen molar-refractivity contribution in [2.24, 2.45) is 0 Å². The number of aryl methyl sites for hydroxylation is 1. The number of anilines is 2. The Hall–Kier alpha value is -4.56. The topological polar surface area (TPSA) is 100 Å². The molecule has 3 amide bonds. The van der Waals surface area contributed by atoms with E-state index in [1.807, 2.05) is 37.3 Å². The van der Waals surface area contributed by atoms with Gasteiger partial charge in [-0.3, -0.25) is 14.4 Å². The fourth-order valence-corrected chi connectivity index (χ4v) is 4.12. The second kappa shape index (κ2) is 12.4. The van der Waals surface area contributed by atoms with Crippen LogP contribution in [0, 0.1) is 6.92 Å². The summed E-state index contributed by atoms with van der Waals surface area (Å²) in [5.74, 6) is -0.427. The zero-order valence-corrected chi connectivity index (χ0v) is 20.9. The summed E-state index contributed by atoms with van der Waals surface area (Å²) >= 11 is 1.35. The smallest absolute Gasteiger partial charge is 0.272 e. The molecule has 4 rings (SSSR count). The standard InChI is InChI=1S/C29H25N3O4S/c1-20-9-5-6-15-25(20)31-27(33)19-37-24-14-7-12-22(17-24)30-29(35)26(18-23-13-8-16-36-23)32-28(34)21-10-3-2-4-11-21/h2-18H,19H2,1H3,(H,30,35)(H,31,33)(H,32,34)/b26-18-. The Bertz CT molecular complexity index is 1420. The number of para-hydroxylation sites is 1. The van der Waals surface area contributed by atoms with E-state index in [-0.39, 0.29) is 17.4 Å². The Labute approximate surface area is 219 Å². The Balaban J connectivity index is 1.42. The van der Waals surface area contributed by atoms with Gasteiger partial charge in [-0.25, -0.2) is 0 Å². The van der Waals surface area contributed by atoms with Crippen molar-refractivity contribution in [3.05, 3.63) is 120 Å². The number of furan rings is 1. The summed E-state index contributed by atoms with van der Waals surface area (Å²) in [7, 11) is 0. The Kier molecular flexibility index (Phi) is 8.57. The van der Waals surface area contributed by atoms with E-state index in [0.717, 1.165) is 16.1 Å². The number of thioether (sulfide) groups is 1. The largest absolute Gasteiger partial charge is 0.465 e. The lowest BCUT2D eigenvalue weighted by atomic mass is 10.2. The number of carbonyl (C=O) groups excluding carboxylic acids is 3. The van der Waals surface area contributed by atoms with Crippen LogP contribution in [0.5, 0.6) is 0 Å².